The molecule has 0 aliphatic heterocycles. The molecule has 0 N–H and O–H groups in total. The van der Waals surface area contributed by atoms with E-state index < -0.39 is 0 Å². The number of amides is 1. The zero-order valence-corrected chi connectivity index (χ0v) is 12.0. The van der Waals surface area contributed by atoms with Crippen LogP contribution in [-0.4, -0.2) is 38.0 Å². The van der Waals surface area contributed by atoms with Crippen LogP contribution in [0.25, 0.3) is 0 Å². The first kappa shape index (κ1) is 15.0. The van der Waals surface area contributed by atoms with E-state index in [0.717, 1.165) is 29.9 Å². The van der Waals surface area contributed by atoms with Crippen LogP contribution in [0.3, 0.4) is 0 Å². The molecule has 1 aromatic rings. The predicted octanol–water partition coefficient (Wildman–Crippen LogP) is 2.88. The Morgan fingerprint density at radius 3 is 2.26 bits per heavy atom. The molecule has 0 atom stereocenters. The van der Waals surface area contributed by atoms with Crippen molar-refractivity contribution in [3.05, 3.63) is 54.6 Å². The van der Waals surface area contributed by atoms with Crippen LogP contribution in [-0.2, 0) is 0 Å². The monoisotopic (exact) mass is 258 g/mol. The number of carbonyl (C=O) groups excluding carboxylic acids is 1. The molecule has 0 bridgehead atoms. The van der Waals surface area contributed by atoms with Crippen molar-refractivity contribution >= 4 is 11.6 Å². The predicted molar refractivity (Wildman–Crippen MR) is 81.8 cm³/mol. The molecular weight excluding hydrogens is 236 g/mol. The Bertz CT molecular complexity index is 468. The van der Waals surface area contributed by atoms with Crippen LogP contribution in [0.4, 0.5) is 5.69 Å². The third-order valence-electron chi connectivity index (χ3n) is 2.92. The highest BCUT2D eigenvalue weighted by Gasteiger charge is 2.13. The average Bonchev–Trinajstić information content (AvgIpc) is 2.38. The number of carbonyl (C=O) groups is 1. The van der Waals surface area contributed by atoms with E-state index in [4.69, 9.17) is 0 Å². The fourth-order valence-corrected chi connectivity index (χ4v) is 1.88. The lowest BCUT2D eigenvalue weighted by Gasteiger charge is -2.23. The topological polar surface area (TPSA) is 23.6 Å². The minimum Gasteiger partial charge on any atom is -0.364 e. The third-order valence-corrected chi connectivity index (χ3v) is 2.92. The summed E-state index contributed by atoms with van der Waals surface area (Å²) in [5, 5.41) is 0. The largest absolute Gasteiger partial charge is 0.364 e. The summed E-state index contributed by atoms with van der Waals surface area (Å²) in [6.07, 6.45) is 3.69. The molecule has 0 saturated heterocycles. The molecule has 3 heteroatoms. The van der Waals surface area contributed by atoms with Gasteiger partial charge in [-0.25, -0.2) is 0 Å². The number of hydrogen-bond donors (Lipinski definition) is 0. The van der Waals surface area contributed by atoms with Gasteiger partial charge >= 0.3 is 0 Å². The quantitative estimate of drug-likeness (QED) is 0.733. The highest BCUT2D eigenvalue weighted by Crippen LogP contribution is 2.20. The summed E-state index contributed by atoms with van der Waals surface area (Å²) in [5.74, 6) is 0.0245. The Morgan fingerprint density at radius 1 is 1.21 bits per heavy atom. The zero-order valence-electron chi connectivity index (χ0n) is 12.0. The van der Waals surface area contributed by atoms with Gasteiger partial charge in [0.1, 0.15) is 0 Å². The molecule has 0 spiro atoms. The normalized spacial score (nSPS) is 9.84. The number of nitrogens with zero attached hydrogens (tertiary/aromatic N) is 2. The van der Waals surface area contributed by atoms with Gasteiger partial charge in [-0.2, -0.15) is 0 Å². The van der Waals surface area contributed by atoms with Gasteiger partial charge in [0, 0.05) is 38.4 Å². The van der Waals surface area contributed by atoms with Crippen LogP contribution in [0.2, 0.25) is 0 Å². The fraction of sp³-hybridized carbons (Fsp3) is 0.312. The van der Waals surface area contributed by atoms with Crippen molar-refractivity contribution in [2.45, 2.75) is 6.92 Å². The number of hydrogen-bond acceptors (Lipinski definition) is 2. The Labute approximate surface area is 115 Å². The van der Waals surface area contributed by atoms with Gasteiger partial charge in [0.15, 0.2) is 0 Å². The van der Waals surface area contributed by atoms with Gasteiger partial charge in [0.25, 0.3) is 5.91 Å². The van der Waals surface area contributed by atoms with Crippen molar-refractivity contribution in [3.8, 4) is 0 Å². The highest BCUT2D eigenvalue weighted by molar-refractivity contribution is 5.96. The molecular formula is C16H22N2O. The first-order chi connectivity index (χ1) is 9.01. The Morgan fingerprint density at radius 2 is 1.79 bits per heavy atom. The van der Waals surface area contributed by atoms with E-state index in [1.54, 1.807) is 19.0 Å². The van der Waals surface area contributed by atoms with E-state index in [-0.39, 0.29) is 5.91 Å². The second-order valence-electron chi connectivity index (χ2n) is 4.68. The lowest BCUT2D eigenvalue weighted by molar-refractivity contribution is 0.0827. The second-order valence-corrected chi connectivity index (χ2v) is 4.68. The number of aryl methyl sites for hydroxylation is 1. The zero-order chi connectivity index (χ0) is 14.4. The number of rotatable bonds is 6. The van der Waals surface area contributed by atoms with Crippen molar-refractivity contribution in [3.63, 3.8) is 0 Å². The maximum atomic E-state index is 12.1. The van der Waals surface area contributed by atoms with E-state index in [2.05, 4.69) is 18.1 Å². The Kier molecular flexibility index (Phi) is 5.37. The molecule has 1 rings (SSSR count). The van der Waals surface area contributed by atoms with Gasteiger partial charge in [0.2, 0.25) is 0 Å². The fourth-order valence-electron chi connectivity index (χ4n) is 1.88. The minimum absolute atomic E-state index is 0.0245. The molecule has 1 aromatic carbocycles. The third kappa shape index (κ3) is 3.71. The molecule has 0 aromatic heterocycles. The summed E-state index contributed by atoms with van der Waals surface area (Å²) in [6, 6.07) is 5.94. The molecule has 19 heavy (non-hydrogen) atoms. The standard InChI is InChI=1S/C16H22N2O/c1-6-10-18(11-7-2)14-9-8-13(3)15(12-14)16(19)17(4)5/h6-9,12H,1-2,10-11H2,3-5H3. The highest BCUT2D eigenvalue weighted by atomic mass is 16.2. The smallest absolute Gasteiger partial charge is 0.253 e. The molecule has 0 saturated carbocycles. The molecule has 0 fully saturated rings. The summed E-state index contributed by atoms with van der Waals surface area (Å²) in [4.78, 5) is 15.8. The van der Waals surface area contributed by atoms with Crippen molar-refractivity contribution in [2.75, 3.05) is 32.1 Å². The molecule has 3 nitrogen and oxygen atoms in total. The SMILES string of the molecule is C=CCN(CC=C)c1ccc(C)c(C(=O)N(C)C)c1. The summed E-state index contributed by atoms with van der Waals surface area (Å²) in [5.41, 5.74) is 2.73. The van der Waals surface area contributed by atoms with E-state index >= 15 is 0 Å². The van der Waals surface area contributed by atoms with Gasteiger partial charge in [-0.15, -0.1) is 13.2 Å². The minimum atomic E-state index is 0.0245. The van der Waals surface area contributed by atoms with E-state index in [1.165, 1.54) is 0 Å². The van der Waals surface area contributed by atoms with Crippen molar-refractivity contribution in [2.24, 2.45) is 0 Å². The van der Waals surface area contributed by atoms with Gasteiger partial charge in [0.05, 0.1) is 0 Å². The Hall–Kier alpha value is -2.03. The van der Waals surface area contributed by atoms with E-state index in [0.29, 0.717) is 0 Å². The van der Waals surface area contributed by atoms with Crippen LogP contribution in [0, 0.1) is 6.92 Å². The summed E-state index contributed by atoms with van der Waals surface area (Å²) < 4.78 is 0. The van der Waals surface area contributed by atoms with Crippen LogP contribution in [0.5, 0.6) is 0 Å². The summed E-state index contributed by atoms with van der Waals surface area (Å²) in [6.45, 7) is 10.9. The van der Waals surface area contributed by atoms with Crippen molar-refractivity contribution in [1.29, 1.82) is 0 Å². The molecule has 0 heterocycles. The maximum Gasteiger partial charge on any atom is 0.253 e. The second kappa shape index (κ2) is 6.78. The molecule has 102 valence electrons. The van der Waals surface area contributed by atoms with Crippen LogP contribution in [0.1, 0.15) is 15.9 Å². The van der Waals surface area contributed by atoms with E-state index in [9.17, 15) is 4.79 Å². The Balaban J connectivity index is 3.15. The number of benzene rings is 1. The summed E-state index contributed by atoms with van der Waals surface area (Å²) >= 11 is 0. The lowest BCUT2D eigenvalue weighted by atomic mass is 10.1. The maximum absolute atomic E-state index is 12.1. The van der Waals surface area contributed by atoms with Crippen LogP contribution >= 0.6 is 0 Å². The van der Waals surface area contributed by atoms with Gasteiger partial charge in [-0.05, 0) is 24.6 Å². The molecule has 0 aliphatic rings. The molecule has 0 unspecified atom stereocenters. The first-order valence-corrected chi connectivity index (χ1v) is 6.30. The van der Waals surface area contributed by atoms with Crippen molar-refractivity contribution < 1.29 is 4.79 Å². The van der Waals surface area contributed by atoms with E-state index in [1.807, 2.05) is 37.3 Å². The first-order valence-electron chi connectivity index (χ1n) is 6.30. The summed E-state index contributed by atoms with van der Waals surface area (Å²) in [7, 11) is 3.53. The van der Waals surface area contributed by atoms with Gasteiger partial charge in [-0.3, -0.25) is 4.79 Å². The molecule has 0 radical (unpaired) electrons. The van der Waals surface area contributed by atoms with Gasteiger partial charge in [-0.1, -0.05) is 18.2 Å². The average molecular weight is 258 g/mol. The molecule has 0 aliphatic carbocycles. The van der Waals surface area contributed by atoms with Gasteiger partial charge < -0.3 is 9.80 Å². The number of anilines is 1. The van der Waals surface area contributed by atoms with Crippen molar-refractivity contribution in [1.82, 2.24) is 4.90 Å². The van der Waals surface area contributed by atoms with Crippen LogP contribution in [0.15, 0.2) is 43.5 Å². The molecule has 1 amide bonds. The van der Waals surface area contributed by atoms with Crippen LogP contribution < -0.4 is 4.90 Å². The lowest BCUT2D eigenvalue weighted by Crippen LogP contribution is -2.25.